The summed E-state index contributed by atoms with van der Waals surface area (Å²) in [5.41, 5.74) is 2.93. The van der Waals surface area contributed by atoms with Gasteiger partial charge in [0.05, 0.1) is 6.61 Å². The lowest BCUT2D eigenvalue weighted by molar-refractivity contribution is -0.116. The van der Waals surface area contributed by atoms with Crippen LogP contribution in [0.25, 0.3) is 6.08 Å². The summed E-state index contributed by atoms with van der Waals surface area (Å²) in [5.74, 6) is 2.91. The lowest BCUT2D eigenvalue weighted by Gasteiger charge is -2.18. The van der Waals surface area contributed by atoms with Crippen molar-refractivity contribution >= 4 is 12.0 Å². The third-order valence-corrected chi connectivity index (χ3v) is 4.83. The first-order valence-corrected chi connectivity index (χ1v) is 9.93. The van der Waals surface area contributed by atoms with E-state index >= 15 is 0 Å². The molecule has 1 atom stereocenters. The van der Waals surface area contributed by atoms with E-state index in [0.29, 0.717) is 32.1 Å². The maximum atomic E-state index is 12.3. The van der Waals surface area contributed by atoms with Gasteiger partial charge < -0.3 is 24.3 Å². The van der Waals surface area contributed by atoms with Gasteiger partial charge in [0, 0.05) is 30.2 Å². The van der Waals surface area contributed by atoms with Crippen LogP contribution in [0.15, 0.2) is 36.4 Å². The molecule has 1 amide bonds. The normalized spacial score (nSPS) is 17.0. The summed E-state index contributed by atoms with van der Waals surface area (Å²) in [6, 6.07) is 9.60. The number of ether oxygens (including phenoxy) is 4. The SMILES string of the molecule is CCOc1cc2c(cc1CNC(=O)/C=C/c1ccc3c(c1)OCCO3)O[C@@H](C)C2. The number of nitrogens with one attached hydrogen (secondary N) is 1. The molecule has 0 saturated heterocycles. The molecule has 4 rings (SSSR count). The number of carbonyl (C=O) groups excluding carboxylic acids is 1. The summed E-state index contributed by atoms with van der Waals surface area (Å²) in [7, 11) is 0. The molecule has 2 heterocycles. The van der Waals surface area contributed by atoms with Crippen LogP contribution in [0, 0.1) is 0 Å². The molecule has 0 spiro atoms. The summed E-state index contributed by atoms with van der Waals surface area (Å²) < 4.78 is 22.7. The quantitative estimate of drug-likeness (QED) is 0.759. The van der Waals surface area contributed by atoms with Gasteiger partial charge in [0.1, 0.15) is 30.8 Å². The Labute approximate surface area is 170 Å². The van der Waals surface area contributed by atoms with Gasteiger partial charge in [0.15, 0.2) is 11.5 Å². The van der Waals surface area contributed by atoms with Crippen molar-refractivity contribution in [2.75, 3.05) is 19.8 Å². The zero-order valence-electron chi connectivity index (χ0n) is 16.7. The molecule has 0 unspecified atom stereocenters. The van der Waals surface area contributed by atoms with E-state index in [9.17, 15) is 4.79 Å². The maximum absolute atomic E-state index is 12.3. The van der Waals surface area contributed by atoms with E-state index in [1.54, 1.807) is 6.08 Å². The lowest BCUT2D eigenvalue weighted by Crippen LogP contribution is -2.20. The zero-order chi connectivity index (χ0) is 20.2. The predicted octanol–water partition coefficient (Wildman–Crippen LogP) is 3.51. The minimum absolute atomic E-state index is 0.165. The van der Waals surface area contributed by atoms with E-state index in [1.807, 2.05) is 44.2 Å². The van der Waals surface area contributed by atoms with Crippen LogP contribution in [0.2, 0.25) is 0 Å². The highest BCUT2D eigenvalue weighted by atomic mass is 16.6. The van der Waals surface area contributed by atoms with Crippen LogP contribution >= 0.6 is 0 Å². The summed E-state index contributed by atoms with van der Waals surface area (Å²) >= 11 is 0. The predicted molar refractivity (Wildman–Crippen MR) is 110 cm³/mol. The summed E-state index contributed by atoms with van der Waals surface area (Å²) in [5, 5.41) is 2.92. The van der Waals surface area contributed by atoms with Crippen LogP contribution in [0.5, 0.6) is 23.0 Å². The fourth-order valence-corrected chi connectivity index (χ4v) is 3.49. The summed E-state index contributed by atoms with van der Waals surface area (Å²) in [6.07, 6.45) is 4.31. The Balaban J connectivity index is 1.40. The third-order valence-electron chi connectivity index (χ3n) is 4.83. The second-order valence-corrected chi connectivity index (χ2v) is 7.09. The van der Waals surface area contributed by atoms with Gasteiger partial charge in [0.25, 0.3) is 0 Å². The Bertz CT molecular complexity index is 937. The molecule has 0 fully saturated rings. The average molecular weight is 395 g/mol. The smallest absolute Gasteiger partial charge is 0.244 e. The zero-order valence-corrected chi connectivity index (χ0v) is 16.7. The van der Waals surface area contributed by atoms with Gasteiger partial charge in [-0.3, -0.25) is 4.79 Å². The molecular formula is C23H25NO5. The van der Waals surface area contributed by atoms with Crippen molar-refractivity contribution in [3.63, 3.8) is 0 Å². The van der Waals surface area contributed by atoms with Gasteiger partial charge in [-0.25, -0.2) is 0 Å². The van der Waals surface area contributed by atoms with E-state index in [-0.39, 0.29) is 12.0 Å². The van der Waals surface area contributed by atoms with Crippen LogP contribution in [-0.2, 0) is 17.8 Å². The van der Waals surface area contributed by atoms with Crippen molar-refractivity contribution in [1.29, 1.82) is 0 Å². The molecule has 0 bridgehead atoms. The molecule has 2 aliphatic rings. The minimum atomic E-state index is -0.183. The summed E-state index contributed by atoms with van der Waals surface area (Å²) in [4.78, 5) is 12.3. The van der Waals surface area contributed by atoms with Crippen LogP contribution in [0.4, 0.5) is 0 Å². The fourth-order valence-electron chi connectivity index (χ4n) is 3.49. The molecule has 29 heavy (non-hydrogen) atoms. The highest BCUT2D eigenvalue weighted by Gasteiger charge is 2.22. The second-order valence-electron chi connectivity index (χ2n) is 7.09. The molecule has 6 nitrogen and oxygen atoms in total. The lowest BCUT2D eigenvalue weighted by atomic mass is 10.1. The topological polar surface area (TPSA) is 66.0 Å². The first kappa shape index (κ1) is 19.2. The minimum Gasteiger partial charge on any atom is -0.494 e. The van der Waals surface area contributed by atoms with Gasteiger partial charge in [-0.15, -0.1) is 0 Å². The molecular weight excluding hydrogens is 370 g/mol. The number of hydrogen-bond acceptors (Lipinski definition) is 5. The third kappa shape index (κ3) is 4.47. The van der Waals surface area contributed by atoms with Crippen molar-refractivity contribution in [3.8, 4) is 23.0 Å². The van der Waals surface area contributed by atoms with Crippen molar-refractivity contribution in [1.82, 2.24) is 5.32 Å². The number of amides is 1. The molecule has 1 N–H and O–H groups in total. The average Bonchev–Trinajstić information content (AvgIpc) is 3.09. The summed E-state index contributed by atoms with van der Waals surface area (Å²) in [6.45, 7) is 6.02. The molecule has 0 saturated carbocycles. The van der Waals surface area contributed by atoms with Gasteiger partial charge in [0.2, 0.25) is 5.91 Å². The standard InChI is InChI=1S/C23H25NO5/c1-3-26-20-12-17-10-15(2)29-21(17)13-18(20)14-24-23(25)7-5-16-4-6-19-22(11-16)28-9-8-27-19/h4-7,11-13,15H,3,8-10,14H2,1-2H3,(H,24,25)/b7-5+/t15-/m0/s1. The highest BCUT2D eigenvalue weighted by molar-refractivity contribution is 5.91. The van der Waals surface area contributed by atoms with Crippen LogP contribution in [0.3, 0.4) is 0 Å². The number of benzene rings is 2. The molecule has 6 heteroatoms. The number of carbonyl (C=O) groups is 1. The van der Waals surface area contributed by atoms with E-state index in [4.69, 9.17) is 18.9 Å². The molecule has 2 aliphatic heterocycles. The van der Waals surface area contributed by atoms with Crippen molar-refractivity contribution in [2.24, 2.45) is 0 Å². The molecule has 152 valence electrons. The highest BCUT2D eigenvalue weighted by Crippen LogP contribution is 2.35. The molecule has 0 radical (unpaired) electrons. The van der Waals surface area contributed by atoms with Gasteiger partial charge in [-0.1, -0.05) is 6.07 Å². The van der Waals surface area contributed by atoms with E-state index in [1.165, 1.54) is 6.08 Å². The Morgan fingerprint density at radius 1 is 1.17 bits per heavy atom. The molecule has 2 aromatic rings. The van der Waals surface area contributed by atoms with Crippen molar-refractivity contribution in [3.05, 3.63) is 53.1 Å². The van der Waals surface area contributed by atoms with E-state index < -0.39 is 0 Å². The van der Waals surface area contributed by atoms with E-state index in [2.05, 4.69) is 5.32 Å². The Hall–Kier alpha value is -3.15. The monoisotopic (exact) mass is 395 g/mol. The maximum Gasteiger partial charge on any atom is 0.244 e. The van der Waals surface area contributed by atoms with Crippen molar-refractivity contribution in [2.45, 2.75) is 32.9 Å². The molecule has 0 aromatic heterocycles. The first-order chi connectivity index (χ1) is 14.1. The van der Waals surface area contributed by atoms with E-state index in [0.717, 1.165) is 40.4 Å². The van der Waals surface area contributed by atoms with Crippen LogP contribution in [-0.4, -0.2) is 31.8 Å². The van der Waals surface area contributed by atoms with Crippen LogP contribution in [0.1, 0.15) is 30.5 Å². The van der Waals surface area contributed by atoms with Gasteiger partial charge in [-0.2, -0.15) is 0 Å². The second kappa shape index (κ2) is 8.47. The largest absolute Gasteiger partial charge is 0.494 e. The van der Waals surface area contributed by atoms with Gasteiger partial charge in [-0.05, 0) is 49.8 Å². The Morgan fingerprint density at radius 2 is 2.00 bits per heavy atom. The Morgan fingerprint density at radius 3 is 2.83 bits per heavy atom. The number of fused-ring (bicyclic) bond motifs is 2. The fraction of sp³-hybridized carbons (Fsp3) is 0.348. The first-order valence-electron chi connectivity index (χ1n) is 9.93. The van der Waals surface area contributed by atoms with Crippen LogP contribution < -0.4 is 24.3 Å². The number of rotatable bonds is 6. The molecule has 2 aromatic carbocycles. The molecule has 0 aliphatic carbocycles. The van der Waals surface area contributed by atoms with Crippen molar-refractivity contribution < 1.29 is 23.7 Å². The number of hydrogen-bond donors (Lipinski definition) is 1. The van der Waals surface area contributed by atoms with Gasteiger partial charge >= 0.3 is 0 Å². The Kier molecular flexibility index (Phi) is 5.60.